The van der Waals surface area contributed by atoms with Crippen molar-refractivity contribution in [3.8, 4) is 0 Å². The monoisotopic (exact) mass is 446 g/mol. The molecule has 2 atom stereocenters. The minimum absolute atomic E-state index is 0.0981. The molecule has 2 fully saturated rings. The number of rotatable bonds is 3. The topological polar surface area (TPSA) is 83.1 Å². The predicted octanol–water partition coefficient (Wildman–Crippen LogP) is 1.96. The van der Waals surface area contributed by atoms with Gasteiger partial charge in [0.2, 0.25) is 0 Å². The van der Waals surface area contributed by atoms with Crippen molar-refractivity contribution in [3.05, 3.63) is 41.1 Å². The fourth-order valence-corrected chi connectivity index (χ4v) is 6.13. The maximum absolute atomic E-state index is 13.2. The average molecular weight is 447 g/mol. The van der Waals surface area contributed by atoms with Crippen molar-refractivity contribution in [2.24, 2.45) is 0 Å². The maximum atomic E-state index is 13.2. The second-order valence-corrected chi connectivity index (χ2v) is 10.5. The minimum atomic E-state index is -3.57. The van der Waals surface area contributed by atoms with Crippen LogP contribution in [0.4, 0.5) is 0 Å². The highest BCUT2D eigenvalue weighted by Crippen LogP contribution is 2.22. The van der Waals surface area contributed by atoms with Crippen LogP contribution in [0.2, 0.25) is 0 Å². The predicted molar refractivity (Wildman–Crippen MR) is 119 cm³/mol. The van der Waals surface area contributed by atoms with Crippen molar-refractivity contribution < 1.29 is 17.9 Å². The summed E-state index contributed by atoms with van der Waals surface area (Å²) in [5.74, 6) is -0.0981. The molecule has 9 heteroatoms. The molecule has 0 unspecified atom stereocenters. The lowest BCUT2D eigenvalue weighted by molar-refractivity contribution is -0.0457. The van der Waals surface area contributed by atoms with E-state index >= 15 is 0 Å². The van der Waals surface area contributed by atoms with E-state index in [1.165, 1.54) is 8.61 Å². The number of ether oxygens (including phenoxy) is 1. The van der Waals surface area contributed by atoms with Crippen LogP contribution in [-0.2, 0) is 14.9 Å². The van der Waals surface area contributed by atoms with Crippen molar-refractivity contribution in [1.29, 1.82) is 0 Å². The number of piperazine rings is 1. The zero-order chi connectivity index (χ0) is 22.3. The maximum Gasteiger partial charge on any atom is 0.282 e. The van der Waals surface area contributed by atoms with Gasteiger partial charge in [0.05, 0.1) is 29.0 Å². The zero-order valence-electron chi connectivity index (χ0n) is 18.5. The lowest BCUT2D eigenvalue weighted by atomic mass is 10.1. The Hall–Kier alpha value is -2.07. The number of carbonyl (C=O) groups is 1. The number of benzene rings is 1. The number of hydrogen-bond donors (Lipinski definition) is 0. The highest BCUT2D eigenvalue weighted by atomic mass is 32.2. The van der Waals surface area contributed by atoms with Gasteiger partial charge in [-0.05, 0) is 45.9 Å². The van der Waals surface area contributed by atoms with Gasteiger partial charge in [-0.15, -0.1) is 0 Å². The number of amides is 1. The molecule has 0 aliphatic carbocycles. The molecular weight excluding hydrogens is 416 g/mol. The molecule has 4 rings (SSSR count). The van der Waals surface area contributed by atoms with Crippen LogP contribution in [0.3, 0.4) is 0 Å². The third-order valence-corrected chi connectivity index (χ3v) is 7.92. The number of aromatic nitrogens is 1. The third-order valence-electron chi connectivity index (χ3n) is 5.96. The molecule has 0 bridgehead atoms. The summed E-state index contributed by atoms with van der Waals surface area (Å²) in [6.45, 7) is 9.62. The number of fused-ring (bicyclic) bond motifs is 1. The third kappa shape index (κ3) is 4.45. The molecule has 2 aromatic rings. The van der Waals surface area contributed by atoms with Gasteiger partial charge in [-0.3, -0.25) is 9.78 Å². The Labute approximate surface area is 184 Å². The second-order valence-electron chi connectivity index (χ2n) is 8.59. The first-order chi connectivity index (χ1) is 14.6. The number of carbonyl (C=O) groups excluding carboxylic acids is 1. The number of nitrogens with zero attached hydrogens (tertiary/aromatic N) is 4. The van der Waals surface area contributed by atoms with Crippen molar-refractivity contribution in [2.45, 2.75) is 39.9 Å². The molecule has 1 amide bonds. The first-order valence-electron chi connectivity index (χ1n) is 10.7. The standard InChI is InChI=1S/C22H30N4O4S/c1-15-5-6-21-19(11-15)12-20(18(4)23-21)22(27)24-7-9-25(10-8-24)31(28,29)26-13-16(2)30-17(3)14-26/h5-6,11-12,16-17H,7-10,13-14H2,1-4H3/t16-,17-/m0/s1. The molecule has 2 saturated heterocycles. The van der Waals surface area contributed by atoms with Crippen LogP contribution < -0.4 is 0 Å². The molecule has 3 heterocycles. The van der Waals surface area contributed by atoms with Crippen LogP contribution in [0, 0.1) is 13.8 Å². The van der Waals surface area contributed by atoms with E-state index in [4.69, 9.17) is 4.74 Å². The Bertz CT molecular complexity index is 1090. The molecule has 31 heavy (non-hydrogen) atoms. The van der Waals surface area contributed by atoms with E-state index < -0.39 is 10.2 Å². The van der Waals surface area contributed by atoms with Crippen molar-refractivity contribution in [1.82, 2.24) is 18.5 Å². The molecule has 8 nitrogen and oxygen atoms in total. The van der Waals surface area contributed by atoms with Gasteiger partial charge in [-0.1, -0.05) is 11.6 Å². The number of pyridine rings is 1. The fourth-order valence-electron chi connectivity index (χ4n) is 4.38. The van der Waals surface area contributed by atoms with Gasteiger partial charge in [0.25, 0.3) is 16.1 Å². The molecule has 168 valence electrons. The first kappa shape index (κ1) is 22.1. The van der Waals surface area contributed by atoms with Crippen LogP contribution in [0.1, 0.15) is 35.5 Å². The molecule has 0 radical (unpaired) electrons. The van der Waals surface area contributed by atoms with Gasteiger partial charge in [0, 0.05) is 44.7 Å². The minimum Gasteiger partial charge on any atom is -0.373 e. The van der Waals surface area contributed by atoms with Crippen LogP contribution in [0.5, 0.6) is 0 Å². The lowest BCUT2D eigenvalue weighted by Crippen LogP contribution is -2.57. The molecule has 1 aromatic carbocycles. The summed E-state index contributed by atoms with van der Waals surface area (Å²) in [5, 5.41) is 0.936. The van der Waals surface area contributed by atoms with Gasteiger partial charge in [-0.2, -0.15) is 17.0 Å². The fraction of sp³-hybridized carbons (Fsp3) is 0.545. The van der Waals surface area contributed by atoms with Gasteiger partial charge in [0.1, 0.15) is 0 Å². The molecule has 0 spiro atoms. The van der Waals surface area contributed by atoms with Crippen LogP contribution in [-0.4, -0.2) is 84.3 Å². The summed E-state index contributed by atoms with van der Waals surface area (Å²) >= 11 is 0. The van der Waals surface area contributed by atoms with Crippen molar-refractivity contribution >= 4 is 27.0 Å². The molecular formula is C22H30N4O4S. The van der Waals surface area contributed by atoms with Crippen molar-refractivity contribution in [3.63, 3.8) is 0 Å². The van der Waals surface area contributed by atoms with Gasteiger partial charge in [0.15, 0.2) is 0 Å². The van der Waals surface area contributed by atoms with E-state index in [-0.39, 0.29) is 31.2 Å². The van der Waals surface area contributed by atoms with E-state index in [0.29, 0.717) is 37.4 Å². The van der Waals surface area contributed by atoms with Gasteiger partial charge >= 0.3 is 0 Å². The Morgan fingerprint density at radius 3 is 2.29 bits per heavy atom. The molecule has 2 aliphatic rings. The number of morpholine rings is 1. The smallest absolute Gasteiger partial charge is 0.282 e. The van der Waals surface area contributed by atoms with Gasteiger partial charge < -0.3 is 9.64 Å². The summed E-state index contributed by atoms with van der Waals surface area (Å²) < 4.78 is 34.8. The molecule has 1 aromatic heterocycles. The highest BCUT2D eigenvalue weighted by Gasteiger charge is 2.37. The second kappa shape index (κ2) is 8.46. The average Bonchev–Trinajstić information content (AvgIpc) is 2.72. The Morgan fingerprint density at radius 1 is 1.00 bits per heavy atom. The van der Waals surface area contributed by atoms with Crippen LogP contribution in [0.15, 0.2) is 24.3 Å². The zero-order valence-corrected chi connectivity index (χ0v) is 19.4. The summed E-state index contributed by atoms with van der Waals surface area (Å²) in [5.41, 5.74) is 3.24. The summed E-state index contributed by atoms with van der Waals surface area (Å²) in [6.07, 6.45) is -0.262. The summed E-state index contributed by atoms with van der Waals surface area (Å²) in [6, 6.07) is 7.88. The lowest BCUT2D eigenvalue weighted by Gasteiger charge is -2.40. The Kier molecular flexibility index (Phi) is 6.04. The quantitative estimate of drug-likeness (QED) is 0.720. The van der Waals surface area contributed by atoms with E-state index in [9.17, 15) is 13.2 Å². The van der Waals surface area contributed by atoms with E-state index in [1.807, 2.05) is 52.0 Å². The van der Waals surface area contributed by atoms with E-state index in [0.717, 1.165) is 16.5 Å². The largest absolute Gasteiger partial charge is 0.373 e. The van der Waals surface area contributed by atoms with E-state index in [1.54, 1.807) is 4.90 Å². The molecule has 0 N–H and O–H groups in total. The summed E-state index contributed by atoms with van der Waals surface area (Å²) in [7, 11) is -3.57. The van der Waals surface area contributed by atoms with Crippen molar-refractivity contribution in [2.75, 3.05) is 39.3 Å². The molecule has 2 aliphatic heterocycles. The first-order valence-corrected chi connectivity index (χ1v) is 12.1. The normalized spacial score (nSPS) is 23.9. The Balaban J connectivity index is 1.47. The van der Waals surface area contributed by atoms with E-state index in [2.05, 4.69) is 4.98 Å². The number of aryl methyl sites for hydroxylation is 2. The molecule has 0 saturated carbocycles. The number of hydrogen-bond acceptors (Lipinski definition) is 5. The summed E-state index contributed by atoms with van der Waals surface area (Å²) in [4.78, 5) is 19.5. The van der Waals surface area contributed by atoms with Gasteiger partial charge in [-0.25, -0.2) is 0 Å². The van der Waals surface area contributed by atoms with Crippen LogP contribution in [0.25, 0.3) is 10.9 Å². The Morgan fingerprint density at radius 2 is 1.65 bits per heavy atom. The highest BCUT2D eigenvalue weighted by molar-refractivity contribution is 7.86. The SMILES string of the molecule is Cc1ccc2nc(C)c(C(=O)N3CCN(S(=O)(=O)N4C[C@H](C)O[C@@H](C)C4)CC3)cc2c1. The van der Waals surface area contributed by atoms with Crippen LogP contribution >= 0.6 is 0 Å².